The van der Waals surface area contributed by atoms with Gasteiger partial charge in [0.1, 0.15) is 6.04 Å². The Hall–Kier alpha value is -1.93. The van der Waals surface area contributed by atoms with Crippen LogP contribution in [0.1, 0.15) is 29.6 Å². The van der Waals surface area contributed by atoms with Gasteiger partial charge in [0.05, 0.1) is 6.61 Å². The van der Waals surface area contributed by atoms with Crippen LogP contribution in [-0.2, 0) is 14.3 Å². The largest absolute Gasteiger partial charge is 0.480 e. The number of hydrogen-bond donors (Lipinski definition) is 3. The van der Waals surface area contributed by atoms with Gasteiger partial charge in [-0.15, -0.1) is 0 Å². The third-order valence-corrected chi connectivity index (χ3v) is 4.35. The molecule has 0 aliphatic carbocycles. The summed E-state index contributed by atoms with van der Waals surface area (Å²) in [6, 6.07) is 0.749. The smallest absolute Gasteiger partial charge is 0.326 e. The van der Waals surface area contributed by atoms with E-state index in [2.05, 4.69) is 10.6 Å². The van der Waals surface area contributed by atoms with Gasteiger partial charge in [0.2, 0.25) is 5.91 Å². The van der Waals surface area contributed by atoms with E-state index in [1.54, 1.807) is 16.8 Å². The van der Waals surface area contributed by atoms with Gasteiger partial charge in [-0.2, -0.15) is 11.3 Å². The SMILES string of the molecule is O=C(CCNC(=O)c1ccsc1)NC(C(=O)O)C1CCCOC1. The number of aliphatic carboxylic acids is 1. The summed E-state index contributed by atoms with van der Waals surface area (Å²) in [5.74, 6) is -1.91. The maximum absolute atomic E-state index is 11.9. The maximum atomic E-state index is 11.9. The molecule has 0 spiro atoms. The summed E-state index contributed by atoms with van der Waals surface area (Å²) in [7, 11) is 0. The lowest BCUT2D eigenvalue weighted by Gasteiger charge is -2.28. The summed E-state index contributed by atoms with van der Waals surface area (Å²) in [5.41, 5.74) is 0.554. The van der Waals surface area contributed by atoms with E-state index in [4.69, 9.17) is 4.74 Å². The van der Waals surface area contributed by atoms with Crippen molar-refractivity contribution in [2.24, 2.45) is 5.92 Å². The first-order chi connectivity index (χ1) is 11.1. The van der Waals surface area contributed by atoms with Crippen molar-refractivity contribution in [3.8, 4) is 0 Å². The molecule has 0 saturated carbocycles. The molecule has 8 heteroatoms. The summed E-state index contributed by atoms with van der Waals surface area (Å²) in [4.78, 5) is 35.0. The summed E-state index contributed by atoms with van der Waals surface area (Å²) in [5, 5.41) is 18.0. The molecule has 1 saturated heterocycles. The molecule has 0 aromatic carbocycles. The van der Waals surface area contributed by atoms with Crippen molar-refractivity contribution in [1.29, 1.82) is 0 Å². The minimum Gasteiger partial charge on any atom is -0.480 e. The van der Waals surface area contributed by atoms with Gasteiger partial charge in [-0.05, 0) is 24.3 Å². The van der Waals surface area contributed by atoms with Crippen molar-refractivity contribution in [2.45, 2.75) is 25.3 Å². The highest BCUT2D eigenvalue weighted by atomic mass is 32.1. The lowest BCUT2D eigenvalue weighted by Crippen LogP contribution is -2.48. The third kappa shape index (κ3) is 5.33. The normalized spacial score (nSPS) is 18.9. The molecule has 23 heavy (non-hydrogen) atoms. The minimum absolute atomic E-state index is 0.0350. The van der Waals surface area contributed by atoms with Crippen molar-refractivity contribution < 1.29 is 24.2 Å². The zero-order valence-corrected chi connectivity index (χ0v) is 13.4. The minimum atomic E-state index is -1.06. The quantitative estimate of drug-likeness (QED) is 0.683. The first-order valence-electron chi connectivity index (χ1n) is 7.48. The van der Waals surface area contributed by atoms with Crippen LogP contribution in [0.4, 0.5) is 0 Å². The number of carbonyl (C=O) groups excluding carboxylic acids is 2. The molecule has 2 amide bonds. The maximum Gasteiger partial charge on any atom is 0.326 e. The number of hydrogen-bond acceptors (Lipinski definition) is 5. The van der Waals surface area contributed by atoms with Crippen molar-refractivity contribution >= 4 is 29.1 Å². The van der Waals surface area contributed by atoms with E-state index in [9.17, 15) is 19.5 Å². The molecule has 7 nitrogen and oxygen atoms in total. The van der Waals surface area contributed by atoms with E-state index >= 15 is 0 Å². The highest BCUT2D eigenvalue weighted by molar-refractivity contribution is 7.08. The van der Waals surface area contributed by atoms with Gasteiger partial charge < -0.3 is 20.5 Å². The van der Waals surface area contributed by atoms with Crippen LogP contribution in [0.3, 0.4) is 0 Å². The van der Waals surface area contributed by atoms with E-state index in [0.29, 0.717) is 25.2 Å². The summed E-state index contributed by atoms with van der Waals surface area (Å²) >= 11 is 1.42. The molecule has 0 radical (unpaired) electrons. The third-order valence-electron chi connectivity index (χ3n) is 3.67. The van der Waals surface area contributed by atoms with Crippen LogP contribution in [0, 0.1) is 5.92 Å². The number of carboxylic acids is 1. The van der Waals surface area contributed by atoms with Crippen molar-refractivity contribution in [1.82, 2.24) is 10.6 Å². The van der Waals surface area contributed by atoms with Crippen LogP contribution in [-0.4, -0.2) is 48.7 Å². The Bertz CT molecular complexity index is 540. The molecule has 2 atom stereocenters. The molecule has 2 heterocycles. The average Bonchev–Trinajstić information content (AvgIpc) is 3.07. The van der Waals surface area contributed by atoms with Crippen molar-refractivity contribution in [3.05, 3.63) is 22.4 Å². The first kappa shape index (κ1) is 17.4. The highest BCUT2D eigenvalue weighted by Crippen LogP contribution is 2.18. The fraction of sp³-hybridized carbons (Fsp3) is 0.533. The topological polar surface area (TPSA) is 105 Å². The molecule has 0 bridgehead atoms. The highest BCUT2D eigenvalue weighted by Gasteiger charge is 2.31. The van der Waals surface area contributed by atoms with Gasteiger partial charge >= 0.3 is 5.97 Å². The number of amides is 2. The van der Waals surface area contributed by atoms with Gasteiger partial charge in [-0.3, -0.25) is 9.59 Å². The Labute approximate surface area is 138 Å². The zero-order valence-electron chi connectivity index (χ0n) is 12.6. The molecular weight excluding hydrogens is 320 g/mol. The fourth-order valence-electron chi connectivity index (χ4n) is 2.44. The Kier molecular flexibility index (Phi) is 6.54. The Morgan fingerprint density at radius 2 is 2.26 bits per heavy atom. The van der Waals surface area contributed by atoms with E-state index in [-0.39, 0.29) is 24.8 Å². The van der Waals surface area contributed by atoms with Crippen LogP contribution in [0.15, 0.2) is 16.8 Å². The van der Waals surface area contributed by atoms with Crippen molar-refractivity contribution in [3.63, 3.8) is 0 Å². The summed E-state index contributed by atoms with van der Waals surface area (Å²) in [6.07, 6.45) is 1.54. The predicted octanol–water partition coefficient (Wildman–Crippen LogP) is 0.864. The molecule has 1 aromatic heterocycles. The second-order valence-corrected chi connectivity index (χ2v) is 6.16. The summed E-state index contributed by atoms with van der Waals surface area (Å²) < 4.78 is 5.28. The van der Waals surface area contributed by atoms with Gasteiger partial charge in [-0.25, -0.2) is 4.79 Å². The molecule has 126 valence electrons. The van der Waals surface area contributed by atoms with Gasteiger partial charge in [0.15, 0.2) is 0 Å². The lowest BCUT2D eigenvalue weighted by molar-refractivity contribution is -0.145. The zero-order chi connectivity index (χ0) is 16.7. The van der Waals surface area contributed by atoms with Crippen LogP contribution in [0.5, 0.6) is 0 Å². The number of rotatable bonds is 7. The molecular formula is C15H20N2O5S. The Balaban J connectivity index is 1.75. The molecule has 2 rings (SSSR count). The first-order valence-corrected chi connectivity index (χ1v) is 8.42. The fourth-order valence-corrected chi connectivity index (χ4v) is 3.08. The molecule has 3 N–H and O–H groups in total. The van der Waals surface area contributed by atoms with Gasteiger partial charge in [-0.1, -0.05) is 0 Å². The second kappa shape index (κ2) is 8.64. The number of nitrogens with one attached hydrogen (secondary N) is 2. The molecule has 1 aliphatic heterocycles. The molecule has 1 aromatic rings. The number of carboxylic acid groups (broad SMARTS) is 1. The Morgan fingerprint density at radius 3 is 2.87 bits per heavy atom. The molecule has 1 fully saturated rings. The monoisotopic (exact) mass is 340 g/mol. The predicted molar refractivity (Wildman–Crippen MR) is 84.4 cm³/mol. The van der Waals surface area contributed by atoms with Crippen LogP contribution >= 0.6 is 11.3 Å². The number of carbonyl (C=O) groups is 3. The standard InChI is InChI=1S/C15H20N2O5S/c18-12(3-5-16-14(19)11-4-7-23-9-11)17-13(15(20)21)10-2-1-6-22-8-10/h4,7,9-10,13H,1-3,5-6,8H2,(H,16,19)(H,17,18)(H,20,21). The number of thiophene rings is 1. The summed E-state index contributed by atoms with van der Waals surface area (Å²) in [6.45, 7) is 1.13. The number of ether oxygens (including phenoxy) is 1. The van der Waals surface area contributed by atoms with E-state index < -0.39 is 17.9 Å². The van der Waals surface area contributed by atoms with Gasteiger partial charge in [0.25, 0.3) is 5.91 Å². The molecule has 1 aliphatic rings. The van der Waals surface area contributed by atoms with Crippen LogP contribution < -0.4 is 10.6 Å². The van der Waals surface area contributed by atoms with Crippen molar-refractivity contribution in [2.75, 3.05) is 19.8 Å². The second-order valence-electron chi connectivity index (χ2n) is 5.38. The van der Waals surface area contributed by atoms with Crippen LogP contribution in [0.25, 0.3) is 0 Å². The van der Waals surface area contributed by atoms with E-state index in [0.717, 1.165) is 6.42 Å². The molecule has 2 unspecified atom stereocenters. The van der Waals surface area contributed by atoms with Gasteiger partial charge in [0, 0.05) is 36.4 Å². The Morgan fingerprint density at radius 1 is 1.43 bits per heavy atom. The van der Waals surface area contributed by atoms with E-state index in [1.807, 2.05) is 0 Å². The average molecular weight is 340 g/mol. The van der Waals surface area contributed by atoms with E-state index in [1.165, 1.54) is 11.3 Å². The van der Waals surface area contributed by atoms with Crippen LogP contribution in [0.2, 0.25) is 0 Å². The lowest BCUT2D eigenvalue weighted by atomic mass is 9.93.